The lowest BCUT2D eigenvalue weighted by Crippen LogP contribution is -2.29. The molecule has 0 aromatic heterocycles. The third-order valence-corrected chi connectivity index (χ3v) is 13.0. The molecular formula is C63H49N3. The third-order valence-electron chi connectivity index (χ3n) is 13.0. The summed E-state index contributed by atoms with van der Waals surface area (Å²) < 4.78 is 0. The third kappa shape index (κ3) is 7.41. The molecule has 0 amide bonds. The van der Waals surface area contributed by atoms with Crippen LogP contribution < -0.4 is 15.1 Å². The summed E-state index contributed by atoms with van der Waals surface area (Å²) in [6, 6.07) is 92.3. The maximum absolute atomic E-state index is 3.60. The second-order valence-corrected chi connectivity index (χ2v) is 17.2. The van der Waals surface area contributed by atoms with Crippen LogP contribution in [0.3, 0.4) is 0 Å². The molecule has 0 aliphatic heterocycles. The number of hydrogen-bond acceptors (Lipinski definition) is 3. The van der Waals surface area contributed by atoms with E-state index in [9.17, 15) is 0 Å². The normalized spacial score (nSPS) is 12.2. The quantitative estimate of drug-likeness (QED) is 0.140. The van der Waals surface area contributed by atoms with E-state index in [1.165, 1.54) is 50.1 Å². The van der Waals surface area contributed by atoms with E-state index < -0.39 is 5.41 Å². The van der Waals surface area contributed by atoms with Crippen molar-refractivity contribution < 1.29 is 0 Å². The summed E-state index contributed by atoms with van der Waals surface area (Å²) in [6.07, 6.45) is 0. The fraction of sp³-hybridized carbons (Fsp3) is 0.0476. The highest BCUT2D eigenvalue weighted by molar-refractivity contribution is 5.88. The Hall–Kier alpha value is -8.40. The van der Waals surface area contributed by atoms with Crippen LogP contribution >= 0.6 is 0 Å². The van der Waals surface area contributed by atoms with Crippen molar-refractivity contribution in [3.05, 3.63) is 288 Å². The number of benzene rings is 10. The predicted molar refractivity (Wildman–Crippen MR) is 278 cm³/mol. The molecule has 0 unspecified atom stereocenters. The van der Waals surface area contributed by atoms with Crippen molar-refractivity contribution in [2.75, 3.05) is 15.1 Å². The first-order valence-corrected chi connectivity index (χ1v) is 22.7. The molecule has 10 aromatic carbocycles. The Balaban J connectivity index is 0.964. The van der Waals surface area contributed by atoms with Crippen LogP contribution in [0.15, 0.2) is 255 Å². The molecule has 10 aromatic rings. The van der Waals surface area contributed by atoms with E-state index in [4.69, 9.17) is 0 Å². The number of nitrogens with zero attached hydrogens (tertiary/aromatic N) is 2. The Bertz CT molecular complexity index is 3150. The fourth-order valence-electron chi connectivity index (χ4n) is 9.92. The van der Waals surface area contributed by atoms with E-state index in [2.05, 4.69) is 278 Å². The number of para-hydroxylation sites is 4. The standard InChI is InChI=1S/C63H49N3/c1-45-23-41-59-60-42-24-46(2)44-62(60)63(61(59)43-45,49-29-33-52(34-30-49)64-51-15-7-3-8-16-51)50-31-39-58(40-32-50)66(55-21-13-6-14-22-55)57-37-27-48(28-38-57)47-25-35-56(36-26-47)65(53-17-9-4-10-18-53)54-19-11-5-12-20-54/h3-44,64H,1-2H3. The summed E-state index contributed by atoms with van der Waals surface area (Å²) in [5.41, 5.74) is 20.7. The van der Waals surface area contributed by atoms with Gasteiger partial charge in [-0.15, -0.1) is 0 Å². The first-order valence-electron chi connectivity index (χ1n) is 22.7. The largest absolute Gasteiger partial charge is 0.356 e. The van der Waals surface area contributed by atoms with Gasteiger partial charge in [0, 0.05) is 45.5 Å². The average Bonchev–Trinajstić information content (AvgIpc) is 3.65. The number of nitrogens with one attached hydrogen (secondary N) is 1. The Morgan fingerprint density at radius 2 is 0.621 bits per heavy atom. The lowest BCUT2D eigenvalue weighted by molar-refractivity contribution is 0.766. The molecule has 0 atom stereocenters. The second-order valence-electron chi connectivity index (χ2n) is 17.2. The average molecular weight is 848 g/mol. The molecule has 66 heavy (non-hydrogen) atoms. The number of fused-ring (bicyclic) bond motifs is 3. The molecule has 0 radical (unpaired) electrons. The SMILES string of the molecule is Cc1ccc2c(c1)C(c1ccc(Nc3ccccc3)cc1)(c1ccc(N(c3ccccc3)c3ccc(-c4ccc(N(c5ccccc5)c5ccccc5)cc4)cc3)cc1)c1cc(C)ccc1-2. The van der Waals surface area contributed by atoms with Crippen LogP contribution in [-0.4, -0.2) is 0 Å². The zero-order valence-electron chi connectivity index (χ0n) is 37.1. The van der Waals surface area contributed by atoms with Crippen LogP contribution in [0.1, 0.15) is 33.4 Å². The van der Waals surface area contributed by atoms with E-state index >= 15 is 0 Å². The van der Waals surface area contributed by atoms with Crippen molar-refractivity contribution in [2.24, 2.45) is 0 Å². The Morgan fingerprint density at radius 3 is 1.02 bits per heavy atom. The molecular weight excluding hydrogens is 799 g/mol. The minimum Gasteiger partial charge on any atom is -0.356 e. The molecule has 0 saturated heterocycles. The summed E-state index contributed by atoms with van der Waals surface area (Å²) in [7, 11) is 0. The first kappa shape index (κ1) is 40.4. The van der Waals surface area contributed by atoms with Gasteiger partial charge in [0.25, 0.3) is 0 Å². The molecule has 0 bridgehead atoms. The van der Waals surface area contributed by atoms with Crippen LogP contribution in [0.2, 0.25) is 0 Å². The highest BCUT2D eigenvalue weighted by Gasteiger charge is 2.46. The first-order chi connectivity index (χ1) is 32.5. The van der Waals surface area contributed by atoms with Crippen LogP contribution in [0.4, 0.5) is 45.5 Å². The molecule has 1 aliphatic rings. The number of aryl methyl sites for hydroxylation is 2. The molecule has 316 valence electrons. The molecule has 1 N–H and O–H groups in total. The Labute approximate surface area is 388 Å². The molecule has 3 heteroatoms. The highest BCUT2D eigenvalue weighted by Crippen LogP contribution is 2.57. The minimum atomic E-state index is -0.527. The summed E-state index contributed by atoms with van der Waals surface area (Å²) >= 11 is 0. The number of rotatable bonds is 11. The lowest BCUT2D eigenvalue weighted by Gasteiger charge is -2.35. The van der Waals surface area contributed by atoms with Crippen LogP contribution in [0.5, 0.6) is 0 Å². The maximum atomic E-state index is 3.60. The van der Waals surface area contributed by atoms with Gasteiger partial charge in [0.1, 0.15) is 0 Å². The van der Waals surface area contributed by atoms with Gasteiger partial charge in [0.2, 0.25) is 0 Å². The summed E-state index contributed by atoms with van der Waals surface area (Å²) in [5.74, 6) is 0. The summed E-state index contributed by atoms with van der Waals surface area (Å²) in [5, 5.41) is 3.60. The van der Waals surface area contributed by atoms with Crippen molar-refractivity contribution in [1.29, 1.82) is 0 Å². The van der Waals surface area contributed by atoms with Crippen LogP contribution in [0.25, 0.3) is 22.3 Å². The van der Waals surface area contributed by atoms with Crippen molar-refractivity contribution in [3.8, 4) is 22.3 Å². The molecule has 0 fully saturated rings. The Morgan fingerprint density at radius 1 is 0.303 bits per heavy atom. The van der Waals surface area contributed by atoms with Crippen LogP contribution in [0, 0.1) is 13.8 Å². The molecule has 0 spiro atoms. The molecule has 3 nitrogen and oxygen atoms in total. The van der Waals surface area contributed by atoms with Gasteiger partial charge >= 0.3 is 0 Å². The Kier molecular flexibility index (Phi) is 10.6. The van der Waals surface area contributed by atoms with Gasteiger partial charge in [-0.25, -0.2) is 0 Å². The van der Waals surface area contributed by atoms with Gasteiger partial charge in [-0.3, -0.25) is 0 Å². The minimum absolute atomic E-state index is 0.527. The van der Waals surface area contributed by atoms with E-state index in [1.54, 1.807) is 0 Å². The highest BCUT2D eigenvalue weighted by atomic mass is 15.1. The van der Waals surface area contributed by atoms with Gasteiger partial charge in [-0.2, -0.15) is 0 Å². The van der Waals surface area contributed by atoms with Gasteiger partial charge in [-0.05, 0) is 155 Å². The molecule has 1 aliphatic carbocycles. The lowest BCUT2D eigenvalue weighted by atomic mass is 9.67. The second kappa shape index (κ2) is 17.3. The van der Waals surface area contributed by atoms with Crippen molar-refractivity contribution >= 4 is 45.5 Å². The van der Waals surface area contributed by atoms with Crippen molar-refractivity contribution in [3.63, 3.8) is 0 Å². The topological polar surface area (TPSA) is 18.5 Å². The predicted octanol–water partition coefficient (Wildman–Crippen LogP) is 17.0. The van der Waals surface area contributed by atoms with Gasteiger partial charge < -0.3 is 15.1 Å². The van der Waals surface area contributed by atoms with E-state index in [-0.39, 0.29) is 0 Å². The fourth-order valence-corrected chi connectivity index (χ4v) is 9.92. The zero-order valence-corrected chi connectivity index (χ0v) is 37.1. The van der Waals surface area contributed by atoms with Crippen molar-refractivity contribution in [1.82, 2.24) is 0 Å². The van der Waals surface area contributed by atoms with Gasteiger partial charge in [0.15, 0.2) is 0 Å². The molecule has 0 saturated carbocycles. The zero-order chi connectivity index (χ0) is 44.5. The smallest absolute Gasteiger partial charge is 0.0713 e. The monoisotopic (exact) mass is 847 g/mol. The van der Waals surface area contributed by atoms with E-state index in [1.807, 2.05) is 6.07 Å². The van der Waals surface area contributed by atoms with Crippen LogP contribution in [-0.2, 0) is 5.41 Å². The maximum Gasteiger partial charge on any atom is 0.0713 e. The van der Waals surface area contributed by atoms with E-state index in [0.29, 0.717) is 0 Å². The van der Waals surface area contributed by atoms with Gasteiger partial charge in [-0.1, -0.05) is 169 Å². The van der Waals surface area contributed by atoms with Gasteiger partial charge in [0.05, 0.1) is 5.41 Å². The number of hydrogen-bond donors (Lipinski definition) is 1. The van der Waals surface area contributed by atoms with Crippen molar-refractivity contribution in [2.45, 2.75) is 19.3 Å². The summed E-state index contributed by atoms with van der Waals surface area (Å²) in [6.45, 7) is 4.41. The number of anilines is 8. The van der Waals surface area contributed by atoms with E-state index in [0.717, 1.165) is 51.1 Å². The summed E-state index contributed by atoms with van der Waals surface area (Å²) in [4.78, 5) is 4.65. The molecule has 11 rings (SSSR count). The molecule has 0 heterocycles.